The third kappa shape index (κ3) is 3.46. The minimum absolute atomic E-state index is 0.702. The molecule has 0 saturated carbocycles. The second-order valence-electron chi connectivity index (χ2n) is 2.16. The van der Waals surface area contributed by atoms with E-state index in [0.29, 0.717) is 5.02 Å². The highest BCUT2D eigenvalue weighted by molar-refractivity contribution is 6.30. The summed E-state index contributed by atoms with van der Waals surface area (Å²) in [5.41, 5.74) is 1.94. The van der Waals surface area contributed by atoms with Gasteiger partial charge in [-0.1, -0.05) is 31.4 Å². The van der Waals surface area contributed by atoms with Gasteiger partial charge in [-0.25, -0.2) is 0 Å². The zero-order chi connectivity index (χ0) is 9.56. The molecule has 0 aliphatic rings. The summed E-state index contributed by atoms with van der Waals surface area (Å²) < 4.78 is 0. The lowest BCUT2D eigenvalue weighted by molar-refractivity contribution is 1.46. The third-order valence-corrected chi connectivity index (χ3v) is 1.43. The maximum Gasteiger partial charge on any atom is 0.0421 e. The van der Waals surface area contributed by atoms with Crippen molar-refractivity contribution in [1.29, 1.82) is 0 Å². The molecule has 1 heteroatoms. The van der Waals surface area contributed by atoms with E-state index in [2.05, 4.69) is 5.92 Å². The summed E-state index contributed by atoms with van der Waals surface area (Å²) >= 11 is 5.73. The van der Waals surface area contributed by atoms with Crippen LogP contribution in [0, 0.1) is 19.3 Å². The van der Waals surface area contributed by atoms with Crippen LogP contribution < -0.4 is 0 Å². The smallest absolute Gasteiger partial charge is 0.0421 e. The van der Waals surface area contributed by atoms with Crippen LogP contribution in [0.3, 0.4) is 0 Å². The van der Waals surface area contributed by atoms with Crippen molar-refractivity contribution in [3.63, 3.8) is 0 Å². The molecule has 1 aromatic rings. The van der Waals surface area contributed by atoms with Crippen molar-refractivity contribution in [1.82, 2.24) is 0 Å². The maximum atomic E-state index is 5.73. The van der Waals surface area contributed by atoms with E-state index in [1.807, 2.05) is 32.9 Å². The van der Waals surface area contributed by atoms with Crippen LogP contribution in [-0.4, -0.2) is 0 Å². The topological polar surface area (TPSA) is 0 Å². The highest BCUT2D eigenvalue weighted by Crippen LogP contribution is 2.13. The molecule has 0 spiro atoms. The van der Waals surface area contributed by atoms with Gasteiger partial charge in [0.15, 0.2) is 0 Å². The summed E-state index contributed by atoms with van der Waals surface area (Å²) in [7, 11) is 0. The molecule has 1 aromatic carbocycles. The van der Waals surface area contributed by atoms with Crippen LogP contribution in [0.4, 0.5) is 0 Å². The largest absolute Gasteiger partial charge is 0.115 e. The summed E-state index contributed by atoms with van der Waals surface area (Å²) in [5.74, 6) is 2.52. The molecule has 0 radical (unpaired) electrons. The fourth-order valence-electron chi connectivity index (χ4n) is 0.820. The van der Waals surface area contributed by atoms with Crippen LogP contribution in [0.15, 0.2) is 18.2 Å². The molecular formula is C11H13Cl. The Bertz CT molecular complexity index is 261. The van der Waals surface area contributed by atoms with Gasteiger partial charge in [0, 0.05) is 10.6 Å². The standard InChI is InChI=1S/C9H7Cl.C2H6/c1-3-8-4-7(2)5-9(10)6-8;1-2/h1,4-6H,2H3;1-2H3. The van der Waals surface area contributed by atoms with Crippen molar-refractivity contribution >= 4 is 11.6 Å². The summed E-state index contributed by atoms with van der Waals surface area (Å²) in [4.78, 5) is 0. The van der Waals surface area contributed by atoms with Crippen LogP contribution in [0.5, 0.6) is 0 Å². The first-order valence-electron chi connectivity index (χ1n) is 3.96. The lowest BCUT2D eigenvalue weighted by Crippen LogP contribution is -1.76. The molecule has 0 aromatic heterocycles. The third-order valence-electron chi connectivity index (χ3n) is 1.21. The molecule has 0 fully saturated rings. The van der Waals surface area contributed by atoms with E-state index in [0.717, 1.165) is 11.1 Å². The maximum absolute atomic E-state index is 5.73. The second-order valence-corrected chi connectivity index (χ2v) is 2.60. The monoisotopic (exact) mass is 180 g/mol. The fourth-order valence-corrected chi connectivity index (χ4v) is 1.11. The number of aryl methyl sites for hydroxylation is 1. The molecule has 0 aliphatic heterocycles. The summed E-state index contributed by atoms with van der Waals surface area (Å²) in [6.07, 6.45) is 5.18. The van der Waals surface area contributed by atoms with Crippen LogP contribution in [0.2, 0.25) is 5.02 Å². The van der Waals surface area contributed by atoms with Crippen molar-refractivity contribution in [3.05, 3.63) is 34.3 Å². The predicted octanol–water partition coefficient (Wildman–Crippen LogP) is 3.66. The van der Waals surface area contributed by atoms with Crippen molar-refractivity contribution < 1.29 is 0 Å². The molecule has 64 valence electrons. The Balaban J connectivity index is 0.000000561. The first-order valence-corrected chi connectivity index (χ1v) is 4.34. The molecule has 0 amide bonds. The van der Waals surface area contributed by atoms with Gasteiger partial charge < -0.3 is 0 Å². The number of benzene rings is 1. The van der Waals surface area contributed by atoms with Crippen LogP contribution in [-0.2, 0) is 0 Å². The van der Waals surface area contributed by atoms with Gasteiger partial charge in [0.05, 0.1) is 0 Å². The van der Waals surface area contributed by atoms with E-state index >= 15 is 0 Å². The minimum Gasteiger partial charge on any atom is -0.115 e. The fraction of sp³-hybridized carbons (Fsp3) is 0.273. The summed E-state index contributed by atoms with van der Waals surface area (Å²) in [6.45, 7) is 5.96. The van der Waals surface area contributed by atoms with E-state index in [9.17, 15) is 0 Å². The van der Waals surface area contributed by atoms with Gasteiger partial charge in [0.2, 0.25) is 0 Å². The van der Waals surface area contributed by atoms with Gasteiger partial charge in [-0.05, 0) is 30.7 Å². The van der Waals surface area contributed by atoms with Gasteiger partial charge in [-0.15, -0.1) is 6.42 Å². The molecule has 12 heavy (non-hydrogen) atoms. The number of rotatable bonds is 0. The molecule has 0 heterocycles. The number of hydrogen-bond acceptors (Lipinski definition) is 0. The molecule has 1 rings (SSSR count). The highest BCUT2D eigenvalue weighted by atomic mass is 35.5. The number of halogens is 1. The molecule has 0 saturated heterocycles. The summed E-state index contributed by atoms with van der Waals surface area (Å²) in [5, 5.41) is 0.702. The van der Waals surface area contributed by atoms with E-state index in [1.54, 1.807) is 6.07 Å². The molecule has 0 unspecified atom stereocenters. The molecule has 0 N–H and O–H groups in total. The normalized spacial score (nSPS) is 7.92. The zero-order valence-corrected chi connectivity index (χ0v) is 8.44. The summed E-state index contributed by atoms with van der Waals surface area (Å²) in [6, 6.07) is 5.57. The molecule has 0 atom stereocenters. The molecule has 0 bridgehead atoms. The SMILES string of the molecule is C#Cc1cc(C)cc(Cl)c1.CC. The van der Waals surface area contributed by atoms with Crippen molar-refractivity contribution in [2.45, 2.75) is 20.8 Å². The predicted molar refractivity (Wildman–Crippen MR) is 55.5 cm³/mol. The quantitative estimate of drug-likeness (QED) is 0.535. The van der Waals surface area contributed by atoms with E-state index in [-0.39, 0.29) is 0 Å². The van der Waals surface area contributed by atoms with Crippen LogP contribution in [0.1, 0.15) is 25.0 Å². The Kier molecular flexibility index (Phi) is 5.25. The average molecular weight is 181 g/mol. The molecule has 0 aliphatic carbocycles. The highest BCUT2D eigenvalue weighted by Gasteiger charge is 1.91. The van der Waals surface area contributed by atoms with Gasteiger partial charge in [0.25, 0.3) is 0 Å². The van der Waals surface area contributed by atoms with Gasteiger partial charge in [-0.2, -0.15) is 0 Å². The first-order chi connectivity index (χ1) is 5.72. The zero-order valence-electron chi connectivity index (χ0n) is 7.69. The first kappa shape index (κ1) is 11.1. The van der Waals surface area contributed by atoms with E-state index in [4.69, 9.17) is 18.0 Å². The van der Waals surface area contributed by atoms with Crippen LogP contribution in [0.25, 0.3) is 0 Å². The minimum atomic E-state index is 0.702. The van der Waals surface area contributed by atoms with Crippen LogP contribution >= 0.6 is 11.6 Å². The molecule has 0 nitrogen and oxygen atoms in total. The second kappa shape index (κ2) is 5.69. The van der Waals surface area contributed by atoms with Crippen molar-refractivity contribution in [3.8, 4) is 12.3 Å². The Morgan fingerprint density at radius 2 is 1.83 bits per heavy atom. The van der Waals surface area contributed by atoms with Gasteiger partial charge >= 0.3 is 0 Å². The Morgan fingerprint density at radius 1 is 1.25 bits per heavy atom. The number of hydrogen-bond donors (Lipinski definition) is 0. The number of terminal acetylenes is 1. The lowest BCUT2D eigenvalue weighted by atomic mass is 10.1. The van der Waals surface area contributed by atoms with E-state index in [1.165, 1.54) is 0 Å². The average Bonchev–Trinajstić information content (AvgIpc) is 2.06. The van der Waals surface area contributed by atoms with E-state index < -0.39 is 0 Å². The lowest BCUT2D eigenvalue weighted by Gasteiger charge is -1.94. The Hall–Kier alpha value is -0.930. The van der Waals surface area contributed by atoms with Gasteiger partial charge in [-0.3, -0.25) is 0 Å². The van der Waals surface area contributed by atoms with Gasteiger partial charge in [0.1, 0.15) is 0 Å². The Morgan fingerprint density at radius 3 is 2.25 bits per heavy atom. The van der Waals surface area contributed by atoms with Crippen molar-refractivity contribution in [2.24, 2.45) is 0 Å². The van der Waals surface area contributed by atoms with Crippen molar-refractivity contribution in [2.75, 3.05) is 0 Å². The Labute approximate surface area is 79.6 Å². The molecular weight excluding hydrogens is 168 g/mol.